The molecule has 6 heteroatoms. The number of rotatable bonds is 2. The average molecular weight is 286 g/mol. The number of hydrogen-bond donors (Lipinski definition) is 1. The van der Waals surface area contributed by atoms with Gasteiger partial charge in [0.05, 0.1) is 5.56 Å². The Morgan fingerprint density at radius 1 is 1.30 bits per heavy atom. The zero-order chi connectivity index (χ0) is 14.8. The molecular formula is C14H17F3N2O. The molecule has 1 heterocycles. The predicted octanol–water partition coefficient (Wildman–Crippen LogP) is 2.53. The third-order valence-corrected chi connectivity index (χ3v) is 3.60. The maximum Gasteiger partial charge on any atom is 0.416 e. The third-order valence-electron chi connectivity index (χ3n) is 3.60. The van der Waals surface area contributed by atoms with E-state index in [4.69, 9.17) is 0 Å². The number of carbonyl (C=O) groups is 1. The Morgan fingerprint density at radius 3 is 2.45 bits per heavy atom. The van der Waals surface area contributed by atoms with E-state index in [2.05, 4.69) is 5.32 Å². The molecule has 2 rings (SSSR count). The molecule has 0 saturated carbocycles. The Hall–Kier alpha value is -1.56. The quantitative estimate of drug-likeness (QED) is 0.906. The van der Waals surface area contributed by atoms with Crippen LogP contribution in [0, 0.1) is 0 Å². The average Bonchev–Trinajstić information content (AvgIpc) is 2.46. The van der Waals surface area contributed by atoms with Gasteiger partial charge in [-0.25, -0.2) is 0 Å². The van der Waals surface area contributed by atoms with Gasteiger partial charge in [-0.1, -0.05) is 0 Å². The molecule has 110 valence electrons. The van der Waals surface area contributed by atoms with Crippen LogP contribution in [0.5, 0.6) is 0 Å². The first kappa shape index (κ1) is 14.8. The van der Waals surface area contributed by atoms with Crippen molar-refractivity contribution in [2.45, 2.75) is 25.1 Å². The summed E-state index contributed by atoms with van der Waals surface area (Å²) in [6.45, 7) is 1.67. The Balaban J connectivity index is 2.08. The summed E-state index contributed by atoms with van der Waals surface area (Å²) in [7, 11) is 1.69. The van der Waals surface area contributed by atoms with Crippen LogP contribution in [0.25, 0.3) is 0 Å². The van der Waals surface area contributed by atoms with Crippen molar-refractivity contribution in [3.8, 4) is 0 Å². The van der Waals surface area contributed by atoms with E-state index in [1.54, 1.807) is 11.9 Å². The van der Waals surface area contributed by atoms with Crippen molar-refractivity contribution < 1.29 is 18.0 Å². The normalized spacial score (nSPS) is 19.7. The molecule has 0 radical (unpaired) electrons. The van der Waals surface area contributed by atoms with Gasteiger partial charge in [-0.2, -0.15) is 13.2 Å². The second kappa shape index (κ2) is 5.83. The van der Waals surface area contributed by atoms with Crippen molar-refractivity contribution in [2.75, 3.05) is 20.1 Å². The molecule has 1 aromatic carbocycles. The van der Waals surface area contributed by atoms with Gasteiger partial charge in [0, 0.05) is 25.2 Å². The number of hydrogen-bond acceptors (Lipinski definition) is 2. The monoisotopic (exact) mass is 286 g/mol. The summed E-state index contributed by atoms with van der Waals surface area (Å²) in [6.07, 6.45) is -2.47. The fraction of sp³-hybridized carbons (Fsp3) is 0.500. The maximum atomic E-state index is 12.5. The molecule has 1 atom stereocenters. The van der Waals surface area contributed by atoms with Crippen LogP contribution >= 0.6 is 0 Å². The van der Waals surface area contributed by atoms with Gasteiger partial charge in [0.25, 0.3) is 5.91 Å². The number of likely N-dealkylation sites (N-methyl/N-ethyl adjacent to an activating group) is 1. The van der Waals surface area contributed by atoms with E-state index in [1.165, 1.54) is 12.1 Å². The number of amides is 1. The van der Waals surface area contributed by atoms with Gasteiger partial charge in [-0.15, -0.1) is 0 Å². The second-order valence-electron chi connectivity index (χ2n) is 4.99. The lowest BCUT2D eigenvalue weighted by Gasteiger charge is -2.31. The van der Waals surface area contributed by atoms with Gasteiger partial charge in [0.1, 0.15) is 0 Å². The highest BCUT2D eigenvalue weighted by molar-refractivity contribution is 5.94. The van der Waals surface area contributed by atoms with Crippen LogP contribution in [0.2, 0.25) is 0 Å². The van der Waals surface area contributed by atoms with Gasteiger partial charge in [-0.05, 0) is 43.7 Å². The molecule has 1 saturated heterocycles. The number of carbonyl (C=O) groups excluding carboxylic acids is 1. The lowest BCUT2D eigenvalue weighted by Crippen LogP contribution is -2.46. The van der Waals surface area contributed by atoms with Gasteiger partial charge in [-0.3, -0.25) is 4.79 Å². The van der Waals surface area contributed by atoms with E-state index in [0.717, 1.165) is 38.1 Å². The van der Waals surface area contributed by atoms with Crippen LogP contribution in [0.4, 0.5) is 13.2 Å². The molecule has 1 unspecified atom stereocenters. The summed E-state index contributed by atoms with van der Waals surface area (Å²) in [4.78, 5) is 13.8. The molecule has 1 fully saturated rings. The standard InChI is InChI=1S/C14H17F3N2O/c1-19(12-3-2-8-18-9-12)13(20)10-4-6-11(7-5-10)14(15,16)17/h4-7,12,18H,2-3,8-9H2,1H3. The van der Waals surface area contributed by atoms with Crippen LogP contribution in [-0.2, 0) is 6.18 Å². The van der Waals surface area contributed by atoms with Gasteiger partial charge >= 0.3 is 6.18 Å². The largest absolute Gasteiger partial charge is 0.416 e. The molecule has 20 heavy (non-hydrogen) atoms. The second-order valence-corrected chi connectivity index (χ2v) is 4.99. The molecule has 1 N–H and O–H groups in total. The Labute approximate surface area is 115 Å². The van der Waals surface area contributed by atoms with E-state index in [9.17, 15) is 18.0 Å². The van der Waals surface area contributed by atoms with Crippen molar-refractivity contribution in [3.63, 3.8) is 0 Å². The molecule has 3 nitrogen and oxygen atoms in total. The summed E-state index contributed by atoms with van der Waals surface area (Å²) in [6, 6.07) is 4.45. The minimum Gasteiger partial charge on any atom is -0.337 e. The highest BCUT2D eigenvalue weighted by Gasteiger charge is 2.30. The SMILES string of the molecule is CN(C(=O)c1ccc(C(F)(F)F)cc1)C1CCCNC1. The van der Waals surface area contributed by atoms with Crippen LogP contribution in [0.3, 0.4) is 0 Å². The number of nitrogens with one attached hydrogen (secondary N) is 1. The summed E-state index contributed by atoms with van der Waals surface area (Å²) < 4.78 is 37.4. The number of piperidine rings is 1. The summed E-state index contributed by atoms with van der Waals surface area (Å²) >= 11 is 0. The van der Waals surface area contributed by atoms with Crippen molar-refractivity contribution in [2.24, 2.45) is 0 Å². The van der Waals surface area contributed by atoms with E-state index >= 15 is 0 Å². The van der Waals surface area contributed by atoms with E-state index in [-0.39, 0.29) is 17.5 Å². The zero-order valence-electron chi connectivity index (χ0n) is 11.2. The smallest absolute Gasteiger partial charge is 0.337 e. The lowest BCUT2D eigenvalue weighted by atomic mass is 10.0. The number of alkyl halides is 3. The number of benzene rings is 1. The Morgan fingerprint density at radius 2 is 1.95 bits per heavy atom. The third kappa shape index (κ3) is 3.30. The molecular weight excluding hydrogens is 269 g/mol. The minimum atomic E-state index is -4.37. The number of nitrogens with zero attached hydrogens (tertiary/aromatic N) is 1. The van der Waals surface area contributed by atoms with Gasteiger partial charge in [0.2, 0.25) is 0 Å². The van der Waals surface area contributed by atoms with E-state index < -0.39 is 11.7 Å². The van der Waals surface area contributed by atoms with Crippen LogP contribution in [-0.4, -0.2) is 37.0 Å². The predicted molar refractivity (Wildman–Crippen MR) is 69.4 cm³/mol. The van der Waals surface area contributed by atoms with Crippen molar-refractivity contribution >= 4 is 5.91 Å². The number of halogens is 3. The molecule has 1 amide bonds. The first-order chi connectivity index (χ1) is 9.39. The molecule has 0 bridgehead atoms. The molecule has 0 aromatic heterocycles. The van der Waals surface area contributed by atoms with Crippen molar-refractivity contribution in [3.05, 3.63) is 35.4 Å². The summed E-state index contributed by atoms with van der Waals surface area (Å²) in [5, 5.41) is 3.21. The molecule has 1 aliphatic rings. The highest BCUT2D eigenvalue weighted by atomic mass is 19.4. The van der Waals surface area contributed by atoms with Crippen molar-refractivity contribution in [1.29, 1.82) is 0 Å². The molecule has 1 aliphatic heterocycles. The molecule has 0 aliphatic carbocycles. The van der Waals surface area contributed by atoms with E-state index in [0.29, 0.717) is 0 Å². The summed E-state index contributed by atoms with van der Waals surface area (Å²) in [5.41, 5.74) is -0.456. The van der Waals surface area contributed by atoms with Crippen LogP contribution < -0.4 is 5.32 Å². The fourth-order valence-corrected chi connectivity index (χ4v) is 2.34. The van der Waals surface area contributed by atoms with Crippen LogP contribution in [0.1, 0.15) is 28.8 Å². The van der Waals surface area contributed by atoms with Crippen LogP contribution in [0.15, 0.2) is 24.3 Å². The molecule has 1 aromatic rings. The fourth-order valence-electron chi connectivity index (χ4n) is 2.34. The lowest BCUT2D eigenvalue weighted by molar-refractivity contribution is -0.137. The first-order valence-corrected chi connectivity index (χ1v) is 6.55. The topological polar surface area (TPSA) is 32.3 Å². The highest BCUT2D eigenvalue weighted by Crippen LogP contribution is 2.29. The Bertz CT molecular complexity index is 464. The maximum absolute atomic E-state index is 12.5. The van der Waals surface area contributed by atoms with Crippen molar-refractivity contribution in [1.82, 2.24) is 10.2 Å². The summed E-state index contributed by atoms with van der Waals surface area (Å²) in [5.74, 6) is -0.243. The van der Waals surface area contributed by atoms with Gasteiger partial charge < -0.3 is 10.2 Å². The van der Waals surface area contributed by atoms with Gasteiger partial charge in [0.15, 0.2) is 0 Å². The first-order valence-electron chi connectivity index (χ1n) is 6.55. The Kier molecular flexibility index (Phi) is 4.32. The molecule has 0 spiro atoms. The zero-order valence-corrected chi connectivity index (χ0v) is 11.2. The van der Waals surface area contributed by atoms with E-state index in [1.807, 2.05) is 0 Å². The minimum absolute atomic E-state index is 0.0959.